The molecule has 2 heteroatoms. The van der Waals surface area contributed by atoms with Gasteiger partial charge in [-0.05, 0) is 31.1 Å². The Morgan fingerprint density at radius 3 is 2.80 bits per heavy atom. The lowest BCUT2D eigenvalue weighted by atomic mass is 10.1. The molecule has 0 radical (unpaired) electrons. The van der Waals surface area contributed by atoms with E-state index in [-0.39, 0.29) is 0 Å². The normalized spacial score (nSPS) is 48.0. The zero-order valence-electron chi connectivity index (χ0n) is 6.42. The molecule has 2 rings (SSSR count). The van der Waals surface area contributed by atoms with Gasteiger partial charge in [0.1, 0.15) is 0 Å². The van der Waals surface area contributed by atoms with Crippen LogP contribution in [0.4, 0.5) is 0 Å². The summed E-state index contributed by atoms with van der Waals surface area (Å²) >= 11 is 0. The second kappa shape index (κ2) is 2.21. The molecule has 10 heavy (non-hydrogen) atoms. The van der Waals surface area contributed by atoms with E-state index in [1.54, 1.807) is 0 Å². The second-order valence-corrected chi connectivity index (χ2v) is 3.63. The molecule has 2 nitrogen and oxygen atoms in total. The zero-order valence-corrected chi connectivity index (χ0v) is 6.42. The summed E-state index contributed by atoms with van der Waals surface area (Å²) in [6.07, 6.45) is 1.25. The molecule has 1 aliphatic carbocycles. The summed E-state index contributed by atoms with van der Waals surface area (Å²) in [5, 5.41) is 0. The Kier molecular flexibility index (Phi) is 1.46. The summed E-state index contributed by atoms with van der Waals surface area (Å²) in [4.78, 5) is 0. The lowest BCUT2D eigenvalue weighted by Crippen LogP contribution is -2.19. The Labute approximate surface area is 61.7 Å². The van der Waals surface area contributed by atoms with E-state index in [9.17, 15) is 0 Å². The van der Waals surface area contributed by atoms with Crippen molar-refractivity contribution < 1.29 is 4.74 Å². The van der Waals surface area contributed by atoms with E-state index in [0.717, 1.165) is 31.0 Å². The quantitative estimate of drug-likeness (QED) is 0.581. The molecule has 1 saturated heterocycles. The van der Waals surface area contributed by atoms with Gasteiger partial charge in [-0.3, -0.25) is 0 Å². The van der Waals surface area contributed by atoms with Gasteiger partial charge >= 0.3 is 0 Å². The van der Waals surface area contributed by atoms with Gasteiger partial charge in [0.05, 0.1) is 0 Å². The van der Waals surface area contributed by atoms with Gasteiger partial charge in [-0.25, -0.2) is 0 Å². The van der Waals surface area contributed by atoms with Crippen LogP contribution >= 0.6 is 0 Å². The van der Waals surface area contributed by atoms with Crippen LogP contribution in [0.5, 0.6) is 0 Å². The molecule has 4 unspecified atom stereocenters. The molecule has 2 N–H and O–H groups in total. The molecule has 0 spiro atoms. The number of nitrogens with two attached hydrogens (primary N) is 1. The van der Waals surface area contributed by atoms with Gasteiger partial charge < -0.3 is 10.5 Å². The molecule has 0 bridgehead atoms. The standard InChI is InChI=1S/C8H15NO/c1-5(9)8-6-2-3-10-4-7(6)8/h5-8H,2-4,9H2,1H3. The SMILES string of the molecule is CC(N)C1C2CCOCC21. The predicted molar refractivity (Wildman–Crippen MR) is 39.6 cm³/mol. The van der Waals surface area contributed by atoms with Gasteiger partial charge in [-0.15, -0.1) is 0 Å². The molecule has 0 amide bonds. The van der Waals surface area contributed by atoms with Crippen molar-refractivity contribution in [1.29, 1.82) is 0 Å². The zero-order chi connectivity index (χ0) is 7.14. The van der Waals surface area contributed by atoms with E-state index < -0.39 is 0 Å². The van der Waals surface area contributed by atoms with Crippen LogP contribution < -0.4 is 5.73 Å². The highest BCUT2D eigenvalue weighted by molar-refractivity contribution is 5.02. The fraction of sp³-hybridized carbons (Fsp3) is 1.00. The van der Waals surface area contributed by atoms with Crippen molar-refractivity contribution in [3.05, 3.63) is 0 Å². The molecular weight excluding hydrogens is 126 g/mol. The summed E-state index contributed by atoms with van der Waals surface area (Å²) in [7, 11) is 0. The van der Waals surface area contributed by atoms with Crippen molar-refractivity contribution >= 4 is 0 Å². The van der Waals surface area contributed by atoms with Crippen LogP contribution in [0, 0.1) is 17.8 Å². The minimum Gasteiger partial charge on any atom is -0.381 e. The van der Waals surface area contributed by atoms with E-state index in [2.05, 4.69) is 6.92 Å². The third-order valence-corrected chi connectivity index (χ3v) is 2.91. The lowest BCUT2D eigenvalue weighted by Gasteiger charge is -2.07. The number of hydrogen-bond acceptors (Lipinski definition) is 2. The fourth-order valence-corrected chi connectivity index (χ4v) is 2.33. The summed E-state index contributed by atoms with van der Waals surface area (Å²) in [6.45, 7) is 4.05. The van der Waals surface area contributed by atoms with Gasteiger partial charge in [0.25, 0.3) is 0 Å². The third kappa shape index (κ3) is 0.867. The lowest BCUT2D eigenvalue weighted by molar-refractivity contribution is 0.0884. The second-order valence-electron chi connectivity index (χ2n) is 3.63. The van der Waals surface area contributed by atoms with E-state index in [1.165, 1.54) is 6.42 Å². The topological polar surface area (TPSA) is 35.2 Å². The van der Waals surface area contributed by atoms with Crippen LogP contribution in [0.25, 0.3) is 0 Å². The smallest absolute Gasteiger partial charge is 0.0500 e. The molecule has 58 valence electrons. The van der Waals surface area contributed by atoms with Crippen molar-refractivity contribution in [2.45, 2.75) is 19.4 Å². The Morgan fingerprint density at radius 2 is 2.30 bits per heavy atom. The summed E-state index contributed by atoms with van der Waals surface area (Å²) < 4.78 is 5.35. The number of ether oxygens (including phenoxy) is 1. The van der Waals surface area contributed by atoms with Gasteiger partial charge in [0, 0.05) is 19.3 Å². The van der Waals surface area contributed by atoms with Crippen LogP contribution in [0.2, 0.25) is 0 Å². The van der Waals surface area contributed by atoms with Gasteiger partial charge in [0.15, 0.2) is 0 Å². The maximum absolute atomic E-state index is 5.80. The first-order chi connectivity index (χ1) is 4.80. The highest BCUT2D eigenvalue weighted by atomic mass is 16.5. The van der Waals surface area contributed by atoms with Gasteiger partial charge in [0.2, 0.25) is 0 Å². The monoisotopic (exact) mass is 141 g/mol. The van der Waals surface area contributed by atoms with Crippen LogP contribution in [0.15, 0.2) is 0 Å². The van der Waals surface area contributed by atoms with Gasteiger partial charge in [-0.1, -0.05) is 0 Å². The van der Waals surface area contributed by atoms with Gasteiger partial charge in [-0.2, -0.15) is 0 Å². The maximum atomic E-state index is 5.80. The highest BCUT2D eigenvalue weighted by Crippen LogP contribution is 2.52. The number of hydrogen-bond donors (Lipinski definition) is 1. The Bertz CT molecular complexity index is 123. The Morgan fingerprint density at radius 1 is 1.50 bits per heavy atom. The van der Waals surface area contributed by atoms with Crippen molar-refractivity contribution in [2.24, 2.45) is 23.5 Å². The third-order valence-electron chi connectivity index (χ3n) is 2.91. The molecule has 4 atom stereocenters. The fourth-order valence-electron chi connectivity index (χ4n) is 2.33. The molecule has 0 aromatic rings. The average Bonchev–Trinajstić information content (AvgIpc) is 2.60. The van der Waals surface area contributed by atoms with Crippen molar-refractivity contribution in [1.82, 2.24) is 0 Å². The van der Waals surface area contributed by atoms with E-state index in [1.807, 2.05) is 0 Å². The molecule has 0 aromatic heterocycles. The van der Waals surface area contributed by atoms with E-state index in [0.29, 0.717) is 6.04 Å². The summed E-state index contributed by atoms with van der Waals surface area (Å²) in [5.74, 6) is 2.50. The molecule has 1 saturated carbocycles. The number of fused-ring (bicyclic) bond motifs is 1. The van der Waals surface area contributed by atoms with Crippen LogP contribution in [0.3, 0.4) is 0 Å². The number of rotatable bonds is 1. The summed E-state index contributed by atoms with van der Waals surface area (Å²) in [5.41, 5.74) is 5.80. The minimum atomic E-state index is 0.386. The first kappa shape index (κ1) is 6.62. The first-order valence-corrected chi connectivity index (χ1v) is 4.14. The molecule has 2 fully saturated rings. The summed E-state index contributed by atoms with van der Waals surface area (Å²) in [6, 6.07) is 0.386. The van der Waals surface area contributed by atoms with E-state index in [4.69, 9.17) is 10.5 Å². The molecule has 1 heterocycles. The predicted octanol–water partition coefficient (Wildman–Crippen LogP) is 0.616. The molecule has 1 aliphatic heterocycles. The Balaban J connectivity index is 1.93. The van der Waals surface area contributed by atoms with Crippen LogP contribution in [0.1, 0.15) is 13.3 Å². The van der Waals surface area contributed by atoms with E-state index >= 15 is 0 Å². The highest BCUT2D eigenvalue weighted by Gasteiger charge is 2.52. The Hall–Kier alpha value is -0.0800. The average molecular weight is 141 g/mol. The van der Waals surface area contributed by atoms with Crippen LogP contribution in [-0.2, 0) is 4.74 Å². The van der Waals surface area contributed by atoms with Crippen molar-refractivity contribution in [2.75, 3.05) is 13.2 Å². The van der Waals surface area contributed by atoms with Crippen LogP contribution in [-0.4, -0.2) is 19.3 Å². The maximum Gasteiger partial charge on any atom is 0.0500 e. The molecule has 0 aromatic carbocycles. The first-order valence-electron chi connectivity index (χ1n) is 4.14. The van der Waals surface area contributed by atoms with Crippen molar-refractivity contribution in [3.63, 3.8) is 0 Å². The largest absolute Gasteiger partial charge is 0.381 e. The van der Waals surface area contributed by atoms with Crippen molar-refractivity contribution in [3.8, 4) is 0 Å². The molecule has 2 aliphatic rings. The molecular formula is C8H15NO. The minimum absolute atomic E-state index is 0.386.